The highest BCUT2D eigenvalue weighted by atomic mass is 28.3. The molecule has 0 bridgehead atoms. The van der Waals surface area contributed by atoms with Gasteiger partial charge in [-0.05, 0) is 10.7 Å². The Hall–Kier alpha value is -0.633. The summed E-state index contributed by atoms with van der Waals surface area (Å²) >= 11 is 0. The number of halogens is 1. The maximum atomic E-state index is 13.4. The Bertz CT molecular complexity index is 208. The molecule has 0 N–H and O–H groups in total. The Kier molecular flexibility index (Phi) is 2.82. The van der Waals surface area contributed by atoms with Crippen molar-refractivity contribution in [1.82, 2.24) is 0 Å². The third kappa shape index (κ3) is 2.15. The van der Waals surface area contributed by atoms with Gasteiger partial charge in [-0.15, -0.1) is 0 Å². The first kappa shape index (κ1) is 8.46. The van der Waals surface area contributed by atoms with Crippen LogP contribution in [0.1, 0.15) is 13.8 Å². The van der Waals surface area contributed by atoms with Crippen LogP contribution in [0.15, 0.2) is 30.3 Å². The van der Waals surface area contributed by atoms with Crippen molar-refractivity contribution in [3.63, 3.8) is 0 Å². The Morgan fingerprint density at radius 2 is 1.73 bits per heavy atom. The molecule has 0 aliphatic carbocycles. The van der Waals surface area contributed by atoms with Crippen LogP contribution in [0, 0.1) is 0 Å². The first-order chi connectivity index (χ1) is 5.22. The number of hydrogen-bond donors (Lipinski definition) is 0. The quantitative estimate of drug-likeness (QED) is 0.468. The van der Waals surface area contributed by atoms with Gasteiger partial charge in [0.15, 0.2) is 0 Å². The lowest BCUT2D eigenvalue weighted by Crippen LogP contribution is -2.27. The van der Waals surface area contributed by atoms with E-state index in [-0.39, 0.29) is 5.54 Å². The van der Waals surface area contributed by atoms with Crippen LogP contribution in [-0.4, -0.2) is 9.13 Å². The first-order valence-corrected chi connectivity index (χ1v) is 5.25. The number of benzene rings is 1. The molecule has 0 amide bonds. The minimum absolute atomic E-state index is 0.169. The lowest BCUT2D eigenvalue weighted by molar-refractivity contribution is 0.796. The molecule has 1 aromatic rings. The predicted octanol–water partition coefficient (Wildman–Crippen LogP) is 2.26. The van der Waals surface area contributed by atoms with E-state index in [0.717, 1.165) is 5.19 Å². The highest BCUT2D eigenvalue weighted by Crippen LogP contribution is 2.07. The van der Waals surface area contributed by atoms with Crippen molar-refractivity contribution in [2.75, 3.05) is 0 Å². The zero-order valence-corrected chi connectivity index (χ0v) is 7.84. The van der Waals surface area contributed by atoms with Gasteiger partial charge in [-0.3, -0.25) is 0 Å². The van der Waals surface area contributed by atoms with E-state index in [1.807, 2.05) is 44.2 Å². The Labute approximate surface area is 68.8 Å². The fraction of sp³-hybridized carbons (Fsp3) is 0.333. The summed E-state index contributed by atoms with van der Waals surface area (Å²) in [6.45, 7) is 3.86. The van der Waals surface area contributed by atoms with Crippen molar-refractivity contribution in [3.05, 3.63) is 30.3 Å². The molecular weight excluding hydrogens is 155 g/mol. The lowest BCUT2D eigenvalue weighted by atomic mass is 10.4. The molecule has 11 heavy (non-hydrogen) atoms. The molecule has 1 rings (SSSR count). The van der Waals surface area contributed by atoms with Crippen molar-refractivity contribution < 1.29 is 4.11 Å². The van der Waals surface area contributed by atoms with E-state index < -0.39 is 9.13 Å². The van der Waals surface area contributed by atoms with E-state index in [9.17, 15) is 4.11 Å². The molecule has 0 atom stereocenters. The van der Waals surface area contributed by atoms with Crippen LogP contribution >= 0.6 is 0 Å². The summed E-state index contributed by atoms with van der Waals surface area (Å²) in [5.41, 5.74) is 0.169. The van der Waals surface area contributed by atoms with Gasteiger partial charge in [0.2, 0.25) is 0 Å². The summed E-state index contributed by atoms with van der Waals surface area (Å²) < 4.78 is 13.4. The second kappa shape index (κ2) is 3.67. The minimum atomic E-state index is -1.78. The van der Waals surface area contributed by atoms with Gasteiger partial charge in [-0.2, -0.15) is 0 Å². The molecule has 1 aromatic carbocycles. The van der Waals surface area contributed by atoms with Crippen LogP contribution in [0.5, 0.6) is 0 Å². The maximum absolute atomic E-state index is 13.4. The molecule has 0 saturated heterocycles. The topological polar surface area (TPSA) is 0 Å². The van der Waals surface area contributed by atoms with Gasteiger partial charge in [-0.25, -0.2) is 0 Å². The molecular formula is C9H12FSi. The van der Waals surface area contributed by atoms with Crippen molar-refractivity contribution in [3.8, 4) is 0 Å². The second-order valence-electron chi connectivity index (χ2n) is 2.87. The SMILES string of the molecule is CC(C)[Si](F)c1ccccc1. The Morgan fingerprint density at radius 3 is 2.18 bits per heavy atom. The molecule has 0 aromatic heterocycles. The fourth-order valence-electron chi connectivity index (χ4n) is 0.931. The van der Waals surface area contributed by atoms with Crippen LogP contribution in [0.2, 0.25) is 5.54 Å². The molecule has 0 fully saturated rings. The van der Waals surface area contributed by atoms with Gasteiger partial charge in [0, 0.05) is 0 Å². The van der Waals surface area contributed by atoms with Crippen LogP contribution < -0.4 is 5.19 Å². The summed E-state index contributed by atoms with van der Waals surface area (Å²) in [4.78, 5) is 0. The first-order valence-electron chi connectivity index (χ1n) is 3.79. The van der Waals surface area contributed by atoms with Gasteiger partial charge in [0.1, 0.15) is 0 Å². The van der Waals surface area contributed by atoms with Crippen molar-refractivity contribution in [1.29, 1.82) is 0 Å². The van der Waals surface area contributed by atoms with E-state index in [4.69, 9.17) is 0 Å². The van der Waals surface area contributed by atoms with Crippen molar-refractivity contribution in [2.24, 2.45) is 0 Å². The molecule has 59 valence electrons. The van der Waals surface area contributed by atoms with Crippen LogP contribution in [0.25, 0.3) is 0 Å². The third-order valence-corrected chi connectivity index (χ3v) is 3.46. The van der Waals surface area contributed by atoms with Crippen LogP contribution in [-0.2, 0) is 0 Å². The molecule has 2 heteroatoms. The summed E-state index contributed by atoms with van der Waals surface area (Å²) in [7, 11) is -1.78. The largest absolute Gasteiger partial charge is 0.308 e. The third-order valence-electron chi connectivity index (χ3n) is 1.56. The molecule has 0 aliphatic rings. The minimum Gasteiger partial charge on any atom is -0.308 e. The highest BCUT2D eigenvalue weighted by molar-refractivity contribution is 6.68. The van der Waals surface area contributed by atoms with E-state index in [1.54, 1.807) is 0 Å². The van der Waals surface area contributed by atoms with Gasteiger partial charge in [0.25, 0.3) is 0 Å². The maximum Gasteiger partial charge on any atom is 0.308 e. The van der Waals surface area contributed by atoms with Gasteiger partial charge in [-0.1, -0.05) is 44.2 Å². The van der Waals surface area contributed by atoms with Gasteiger partial charge < -0.3 is 4.11 Å². The zero-order valence-electron chi connectivity index (χ0n) is 6.84. The average Bonchev–Trinajstić information content (AvgIpc) is 2.05. The number of hydrogen-bond acceptors (Lipinski definition) is 0. The fourth-order valence-corrected chi connectivity index (χ4v) is 2.11. The normalized spacial score (nSPS) is 11.0. The van der Waals surface area contributed by atoms with Crippen molar-refractivity contribution >= 4 is 14.3 Å². The second-order valence-corrected chi connectivity index (χ2v) is 5.30. The summed E-state index contributed by atoms with van der Waals surface area (Å²) in [6.07, 6.45) is 0. The Balaban J connectivity index is 2.77. The van der Waals surface area contributed by atoms with Crippen molar-refractivity contribution in [2.45, 2.75) is 19.4 Å². The summed E-state index contributed by atoms with van der Waals surface area (Å²) in [5.74, 6) is 0. The summed E-state index contributed by atoms with van der Waals surface area (Å²) in [6, 6.07) is 9.44. The number of rotatable bonds is 2. The molecule has 0 aliphatic heterocycles. The van der Waals surface area contributed by atoms with E-state index in [0.29, 0.717) is 0 Å². The van der Waals surface area contributed by atoms with Crippen LogP contribution in [0.4, 0.5) is 4.11 Å². The molecule has 0 heterocycles. The monoisotopic (exact) mass is 167 g/mol. The highest BCUT2D eigenvalue weighted by Gasteiger charge is 2.17. The molecule has 0 saturated carbocycles. The van der Waals surface area contributed by atoms with E-state index in [2.05, 4.69) is 0 Å². The average molecular weight is 167 g/mol. The smallest absolute Gasteiger partial charge is 0.308 e. The Morgan fingerprint density at radius 1 is 1.18 bits per heavy atom. The molecule has 1 radical (unpaired) electrons. The van der Waals surface area contributed by atoms with E-state index in [1.165, 1.54) is 0 Å². The summed E-state index contributed by atoms with van der Waals surface area (Å²) in [5, 5.41) is 0.882. The lowest BCUT2D eigenvalue weighted by Gasteiger charge is -2.07. The standard InChI is InChI=1S/C9H12FSi/c1-8(2)11(10)9-6-4-3-5-7-9/h3-8H,1-2H3. The molecule has 0 nitrogen and oxygen atoms in total. The van der Waals surface area contributed by atoms with Crippen LogP contribution in [0.3, 0.4) is 0 Å². The molecule has 0 unspecified atom stereocenters. The zero-order chi connectivity index (χ0) is 8.27. The van der Waals surface area contributed by atoms with Gasteiger partial charge in [0.05, 0.1) is 0 Å². The molecule has 0 spiro atoms. The predicted molar refractivity (Wildman–Crippen MR) is 48.0 cm³/mol. The van der Waals surface area contributed by atoms with E-state index >= 15 is 0 Å². The van der Waals surface area contributed by atoms with Gasteiger partial charge >= 0.3 is 9.13 Å².